The van der Waals surface area contributed by atoms with Crippen molar-refractivity contribution in [3.63, 3.8) is 0 Å². The molecule has 0 aromatic carbocycles. The van der Waals surface area contributed by atoms with E-state index in [0.29, 0.717) is 12.6 Å². The summed E-state index contributed by atoms with van der Waals surface area (Å²) in [7, 11) is 0. The van der Waals surface area contributed by atoms with Crippen molar-refractivity contribution in [3.8, 4) is 0 Å². The van der Waals surface area contributed by atoms with Gasteiger partial charge >= 0.3 is 0 Å². The fraction of sp³-hybridized carbons (Fsp3) is 0.778. The second kappa shape index (κ2) is 8.12. The molecule has 1 amide bonds. The van der Waals surface area contributed by atoms with Crippen LogP contribution in [0.25, 0.3) is 0 Å². The number of amides is 1. The zero-order chi connectivity index (χ0) is 16.9. The Morgan fingerprint density at radius 1 is 1.42 bits per heavy atom. The van der Waals surface area contributed by atoms with E-state index in [-0.39, 0.29) is 12.0 Å². The molecular weight excluding hydrogens is 306 g/mol. The molecule has 0 aliphatic carbocycles. The Labute approximate surface area is 144 Å². The molecule has 0 saturated carbocycles. The van der Waals surface area contributed by atoms with Gasteiger partial charge in [0.2, 0.25) is 0 Å². The lowest BCUT2D eigenvalue weighted by molar-refractivity contribution is -0.147. The van der Waals surface area contributed by atoms with Crippen LogP contribution in [-0.4, -0.2) is 58.9 Å². The van der Waals surface area contributed by atoms with Crippen LogP contribution in [-0.2, 0) is 14.3 Å². The summed E-state index contributed by atoms with van der Waals surface area (Å²) in [6.45, 7) is 6.76. The van der Waals surface area contributed by atoms with E-state index < -0.39 is 6.10 Å². The number of likely N-dealkylation sites (tertiary alicyclic amines) is 1. The Kier molecular flexibility index (Phi) is 5.89. The van der Waals surface area contributed by atoms with Crippen molar-refractivity contribution in [2.45, 2.75) is 64.2 Å². The number of rotatable bonds is 5. The highest BCUT2D eigenvalue weighted by Crippen LogP contribution is 2.23. The molecule has 0 radical (unpaired) electrons. The van der Waals surface area contributed by atoms with Gasteiger partial charge in [0.25, 0.3) is 5.91 Å². The molecule has 3 rings (SSSR count). The van der Waals surface area contributed by atoms with Crippen LogP contribution in [0.2, 0.25) is 0 Å². The highest BCUT2D eigenvalue weighted by molar-refractivity contribution is 5.80. The largest absolute Gasteiger partial charge is 0.376 e. The first kappa shape index (κ1) is 17.4. The standard InChI is InChI=1S/C18H29N3O3/c1-14(24-13-17-7-3-4-11-23-17)18(22)20-9-5-6-16(12-20)21-10-8-19-15(21)2/h8,10,14,16-17H,3-7,9,11-13H2,1-2H3/t14-,16-,17-/m1/s1. The predicted octanol–water partition coefficient (Wildman–Crippen LogP) is 2.33. The molecule has 2 aliphatic rings. The maximum absolute atomic E-state index is 12.7. The van der Waals surface area contributed by atoms with E-state index in [9.17, 15) is 4.79 Å². The van der Waals surface area contributed by atoms with Crippen LogP contribution in [0.4, 0.5) is 0 Å². The van der Waals surface area contributed by atoms with Gasteiger partial charge in [-0.05, 0) is 46.0 Å². The van der Waals surface area contributed by atoms with Crippen molar-refractivity contribution in [1.29, 1.82) is 0 Å². The summed E-state index contributed by atoms with van der Waals surface area (Å²) in [5.41, 5.74) is 0. The summed E-state index contributed by atoms with van der Waals surface area (Å²) in [5.74, 6) is 1.10. The van der Waals surface area contributed by atoms with Gasteiger partial charge in [-0.2, -0.15) is 0 Å². The average Bonchev–Trinajstić information content (AvgIpc) is 3.06. The Hall–Kier alpha value is -1.40. The van der Waals surface area contributed by atoms with Gasteiger partial charge in [-0.15, -0.1) is 0 Å². The number of hydrogen-bond acceptors (Lipinski definition) is 4. The summed E-state index contributed by atoms with van der Waals surface area (Å²) in [5, 5.41) is 0. The van der Waals surface area contributed by atoms with Crippen LogP contribution >= 0.6 is 0 Å². The molecule has 134 valence electrons. The number of carbonyl (C=O) groups excluding carboxylic acids is 1. The first-order valence-corrected chi connectivity index (χ1v) is 9.16. The van der Waals surface area contributed by atoms with Crippen LogP contribution in [0, 0.1) is 6.92 Å². The summed E-state index contributed by atoms with van der Waals surface area (Å²) in [6.07, 6.45) is 9.04. The summed E-state index contributed by atoms with van der Waals surface area (Å²) >= 11 is 0. The van der Waals surface area contributed by atoms with Crippen molar-refractivity contribution in [3.05, 3.63) is 18.2 Å². The number of hydrogen-bond donors (Lipinski definition) is 0. The first-order valence-electron chi connectivity index (χ1n) is 9.16. The number of ether oxygens (including phenoxy) is 2. The smallest absolute Gasteiger partial charge is 0.251 e. The minimum atomic E-state index is -0.404. The van der Waals surface area contributed by atoms with Gasteiger partial charge in [0.1, 0.15) is 11.9 Å². The van der Waals surface area contributed by atoms with Gasteiger partial charge < -0.3 is 18.9 Å². The number of imidazole rings is 1. The maximum Gasteiger partial charge on any atom is 0.251 e. The monoisotopic (exact) mass is 335 g/mol. The molecule has 1 aromatic rings. The predicted molar refractivity (Wildman–Crippen MR) is 90.8 cm³/mol. The quantitative estimate of drug-likeness (QED) is 0.829. The van der Waals surface area contributed by atoms with E-state index in [0.717, 1.165) is 51.2 Å². The van der Waals surface area contributed by atoms with Gasteiger partial charge in [-0.25, -0.2) is 4.98 Å². The minimum absolute atomic E-state index is 0.0910. The Morgan fingerprint density at radius 3 is 3.00 bits per heavy atom. The zero-order valence-corrected chi connectivity index (χ0v) is 14.8. The number of piperidine rings is 1. The number of nitrogens with zero attached hydrogens (tertiary/aromatic N) is 3. The van der Waals surface area contributed by atoms with Gasteiger partial charge in [-0.1, -0.05) is 0 Å². The first-order chi connectivity index (χ1) is 11.6. The van der Waals surface area contributed by atoms with E-state index in [1.807, 2.05) is 31.1 Å². The van der Waals surface area contributed by atoms with Gasteiger partial charge in [0, 0.05) is 32.1 Å². The molecular formula is C18H29N3O3. The molecule has 1 aromatic heterocycles. The van der Waals surface area contributed by atoms with Gasteiger partial charge in [0.05, 0.1) is 18.8 Å². The van der Waals surface area contributed by atoms with Crippen molar-refractivity contribution >= 4 is 5.91 Å². The average molecular weight is 335 g/mol. The Balaban J connectivity index is 1.50. The molecule has 0 bridgehead atoms. The molecule has 2 saturated heterocycles. The molecule has 2 aliphatic heterocycles. The maximum atomic E-state index is 12.7. The molecule has 6 nitrogen and oxygen atoms in total. The number of carbonyl (C=O) groups is 1. The third-order valence-corrected chi connectivity index (χ3v) is 5.12. The van der Waals surface area contributed by atoms with E-state index in [4.69, 9.17) is 9.47 Å². The Morgan fingerprint density at radius 2 is 2.29 bits per heavy atom. The summed E-state index contributed by atoms with van der Waals surface area (Å²) in [4.78, 5) is 18.9. The van der Waals surface area contributed by atoms with Crippen LogP contribution in [0.3, 0.4) is 0 Å². The van der Waals surface area contributed by atoms with Crippen LogP contribution < -0.4 is 0 Å². The van der Waals surface area contributed by atoms with Crippen LogP contribution in [0.5, 0.6) is 0 Å². The normalized spacial score (nSPS) is 26.3. The van der Waals surface area contributed by atoms with E-state index >= 15 is 0 Å². The summed E-state index contributed by atoms with van der Waals surface area (Å²) in [6, 6.07) is 0.319. The second-order valence-corrected chi connectivity index (χ2v) is 6.93. The van der Waals surface area contributed by atoms with Crippen molar-refractivity contribution in [2.75, 3.05) is 26.3 Å². The molecule has 24 heavy (non-hydrogen) atoms. The molecule has 2 fully saturated rings. The zero-order valence-electron chi connectivity index (χ0n) is 14.8. The second-order valence-electron chi connectivity index (χ2n) is 6.93. The van der Waals surface area contributed by atoms with E-state index in [1.165, 1.54) is 6.42 Å². The molecule has 3 heterocycles. The fourth-order valence-corrected chi connectivity index (χ4v) is 3.67. The summed E-state index contributed by atoms with van der Waals surface area (Å²) < 4.78 is 13.7. The van der Waals surface area contributed by atoms with Gasteiger partial charge in [0.15, 0.2) is 0 Å². The molecule has 0 N–H and O–H groups in total. The lowest BCUT2D eigenvalue weighted by Gasteiger charge is -2.35. The molecule has 6 heteroatoms. The van der Waals surface area contributed by atoms with Gasteiger partial charge in [-0.3, -0.25) is 4.79 Å². The highest BCUT2D eigenvalue weighted by atomic mass is 16.5. The number of aryl methyl sites for hydroxylation is 1. The molecule has 0 spiro atoms. The molecule has 3 atom stereocenters. The lowest BCUT2D eigenvalue weighted by Crippen LogP contribution is -2.46. The molecule has 0 unspecified atom stereocenters. The fourth-order valence-electron chi connectivity index (χ4n) is 3.67. The van der Waals surface area contributed by atoms with E-state index in [1.54, 1.807) is 0 Å². The van der Waals surface area contributed by atoms with Crippen LogP contribution in [0.1, 0.15) is 50.9 Å². The van der Waals surface area contributed by atoms with Crippen molar-refractivity contribution < 1.29 is 14.3 Å². The van der Waals surface area contributed by atoms with Crippen molar-refractivity contribution in [1.82, 2.24) is 14.5 Å². The third-order valence-electron chi connectivity index (χ3n) is 5.12. The minimum Gasteiger partial charge on any atom is -0.376 e. The number of aromatic nitrogens is 2. The highest BCUT2D eigenvalue weighted by Gasteiger charge is 2.29. The lowest BCUT2D eigenvalue weighted by atomic mass is 10.0. The van der Waals surface area contributed by atoms with Crippen molar-refractivity contribution in [2.24, 2.45) is 0 Å². The van der Waals surface area contributed by atoms with Crippen LogP contribution in [0.15, 0.2) is 12.4 Å². The third kappa shape index (κ3) is 4.16. The topological polar surface area (TPSA) is 56.6 Å². The Bertz CT molecular complexity index is 539. The van der Waals surface area contributed by atoms with E-state index in [2.05, 4.69) is 9.55 Å². The SMILES string of the molecule is Cc1nccn1[C@@H]1CCCN(C(=O)[C@@H](C)OC[C@H]2CCCCO2)C1.